The van der Waals surface area contributed by atoms with Gasteiger partial charge in [-0.25, -0.2) is 0 Å². The number of carbonyl (C=O) groups excluding carboxylic acids is 2. The number of anilines is 1. The molecule has 1 amide bonds. The minimum atomic E-state index is -0.722. The molecule has 0 saturated carbocycles. The fourth-order valence-corrected chi connectivity index (χ4v) is 3.30. The molecule has 1 aromatic heterocycles. The molecule has 0 bridgehead atoms. The van der Waals surface area contributed by atoms with Gasteiger partial charge in [0.15, 0.2) is 10.4 Å². The van der Waals surface area contributed by atoms with Crippen molar-refractivity contribution in [3.63, 3.8) is 0 Å². The van der Waals surface area contributed by atoms with E-state index in [0.717, 1.165) is 0 Å². The molecule has 0 radical (unpaired) electrons. The normalized spacial score (nSPS) is 11.6. The topological polar surface area (TPSA) is 90.4 Å². The molecule has 0 saturated heterocycles. The number of aromatic nitrogens is 2. The number of nitrogens with one attached hydrogen (secondary N) is 1. The fraction of sp³-hybridized carbons (Fsp3) is 0.333. The molecule has 2 rings (SSSR count). The van der Waals surface area contributed by atoms with Gasteiger partial charge in [0.05, 0.1) is 12.4 Å². The molecule has 2 aromatic rings. The number of thioether (sulfide) groups is 1. The molecule has 0 aliphatic heterocycles. The van der Waals surface area contributed by atoms with Crippen LogP contribution in [0.4, 0.5) is 5.13 Å². The summed E-state index contributed by atoms with van der Waals surface area (Å²) in [6.45, 7) is 3.71. The first kappa shape index (κ1) is 19.5. The highest BCUT2D eigenvalue weighted by Gasteiger charge is 2.17. The first-order valence-electron chi connectivity index (χ1n) is 7.33. The summed E-state index contributed by atoms with van der Waals surface area (Å²) >= 11 is 8.18. The Balaban J connectivity index is 1.83. The third-order valence-corrected chi connectivity index (χ3v) is 4.95. The van der Waals surface area contributed by atoms with Gasteiger partial charge in [-0.1, -0.05) is 34.7 Å². The molecule has 10 heteroatoms. The van der Waals surface area contributed by atoms with Crippen molar-refractivity contribution in [3.8, 4) is 5.75 Å². The summed E-state index contributed by atoms with van der Waals surface area (Å²) in [7, 11) is 0. The summed E-state index contributed by atoms with van der Waals surface area (Å²) < 4.78 is 10.9. The third-order valence-electron chi connectivity index (χ3n) is 2.75. The third kappa shape index (κ3) is 6.52. The van der Waals surface area contributed by atoms with Crippen molar-refractivity contribution in [1.29, 1.82) is 0 Å². The summed E-state index contributed by atoms with van der Waals surface area (Å²) in [5.41, 5.74) is 0. The van der Waals surface area contributed by atoms with Gasteiger partial charge in [-0.2, -0.15) is 0 Å². The molecule has 0 fully saturated rings. The van der Waals surface area contributed by atoms with E-state index in [0.29, 0.717) is 26.9 Å². The number of hydrogen-bond acceptors (Lipinski definition) is 8. The van der Waals surface area contributed by atoms with Crippen LogP contribution in [0.25, 0.3) is 0 Å². The van der Waals surface area contributed by atoms with Crippen LogP contribution in [0.15, 0.2) is 28.6 Å². The van der Waals surface area contributed by atoms with Crippen molar-refractivity contribution in [2.24, 2.45) is 0 Å². The number of carbonyl (C=O) groups is 2. The highest BCUT2D eigenvalue weighted by atomic mass is 35.5. The number of nitrogens with zero attached hydrogens (tertiary/aromatic N) is 2. The maximum absolute atomic E-state index is 12.1. The first-order valence-corrected chi connectivity index (χ1v) is 9.51. The minimum Gasteiger partial charge on any atom is -0.481 e. The second-order valence-electron chi connectivity index (χ2n) is 4.67. The van der Waals surface area contributed by atoms with Crippen LogP contribution in [0.3, 0.4) is 0 Å². The zero-order chi connectivity index (χ0) is 18.2. The predicted octanol–water partition coefficient (Wildman–Crippen LogP) is 3.25. The van der Waals surface area contributed by atoms with Crippen molar-refractivity contribution in [3.05, 3.63) is 29.3 Å². The van der Waals surface area contributed by atoms with E-state index in [1.165, 1.54) is 23.1 Å². The fourth-order valence-electron chi connectivity index (χ4n) is 1.62. The number of rotatable bonds is 8. The van der Waals surface area contributed by atoms with Crippen LogP contribution >= 0.6 is 34.7 Å². The van der Waals surface area contributed by atoms with Crippen molar-refractivity contribution < 1.29 is 19.1 Å². The molecular formula is C15H16ClN3O4S2. The monoisotopic (exact) mass is 401 g/mol. The number of benzene rings is 1. The Kier molecular flexibility index (Phi) is 7.48. The maximum atomic E-state index is 12.1. The van der Waals surface area contributed by atoms with Crippen LogP contribution in [0.2, 0.25) is 5.02 Å². The van der Waals surface area contributed by atoms with E-state index in [9.17, 15) is 9.59 Å². The van der Waals surface area contributed by atoms with E-state index in [1.54, 1.807) is 38.1 Å². The number of esters is 1. The van der Waals surface area contributed by atoms with Gasteiger partial charge in [0.2, 0.25) is 5.13 Å². The number of halogens is 1. The molecule has 1 aromatic carbocycles. The summed E-state index contributed by atoms with van der Waals surface area (Å²) in [4.78, 5) is 23.4. The van der Waals surface area contributed by atoms with Crippen molar-refractivity contribution in [1.82, 2.24) is 10.2 Å². The Hall–Kier alpha value is -1.84. The quantitative estimate of drug-likeness (QED) is 0.412. The Morgan fingerprint density at radius 1 is 1.32 bits per heavy atom. The number of ether oxygens (including phenoxy) is 2. The zero-order valence-corrected chi connectivity index (χ0v) is 15.9. The standard InChI is InChI=1S/C15H16ClN3O4S2/c1-3-22-12(20)8-24-15-19-18-14(25-15)17-13(21)9(2)23-11-6-4-10(16)5-7-11/h4-7,9H,3,8H2,1-2H3,(H,17,18,21). The highest BCUT2D eigenvalue weighted by Crippen LogP contribution is 2.25. The average molecular weight is 402 g/mol. The average Bonchev–Trinajstić information content (AvgIpc) is 3.02. The Morgan fingerprint density at radius 3 is 2.72 bits per heavy atom. The molecule has 1 heterocycles. The van der Waals surface area contributed by atoms with E-state index in [1.807, 2.05) is 0 Å². The maximum Gasteiger partial charge on any atom is 0.316 e. The van der Waals surface area contributed by atoms with Crippen molar-refractivity contribution in [2.45, 2.75) is 24.3 Å². The lowest BCUT2D eigenvalue weighted by atomic mass is 10.3. The molecule has 25 heavy (non-hydrogen) atoms. The molecule has 0 aliphatic carbocycles. The minimum absolute atomic E-state index is 0.145. The molecule has 0 spiro atoms. The van der Waals surface area contributed by atoms with Gasteiger partial charge in [0.1, 0.15) is 5.75 Å². The van der Waals surface area contributed by atoms with Gasteiger partial charge in [-0.3, -0.25) is 14.9 Å². The van der Waals surface area contributed by atoms with E-state index < -0.39 is 6.10 Å². The van der Waals surface area contributed by atoms with E-state index in [-0.39, 0.29) is 17.6 Å². The van der Waals surface area contributed by atoms with Gasteiger partial charge >= 0.3 is 5.97 Å². The van der Waals surface area contributed by atoms with Crippen LogP contribution < -0.4 is 10.1 Å². The summed E-state index contributed by atoms with van der Waals surface area (Å²) in [6.07, 6.45) is -0.722. The van der Waals surface area contributed by atoms with Crippen LogP contribution in [0, 0.1) is 0 Å². The van der Waals surface area contributed by atoms with Crippen molar-refractivity contribution in [2.75, 3.05) is 17.7 Å². The molecule has 1 unspecified atom stereocenters. The molecule has 1 N–H and O–H groups in total. The van der Waals surface area contributed by atoms with Gasteiger partial charge in [-0.05, 0) is 38.1 Å². The highest BCUT2D eigenvalue weighted by molar-refractivity contribution is 8.01. The Morgan fingerprint density at radius 2 is 2.04 bits per heavy atom. The molecule has 1 atom stereocenters. The summed E-state index contributed by atoms with van der Waals surface area (Å²) in [5, 5.41) is 11.3. The summed E-state index contributed by atoms with van der Waals surface area (Å²) in [6, 6.07) is 6.72. The number of hydrogen-bond donors (Lipinski definition) is 1. The van der Waals surface area contributed by atoms with E-state index >= 15 is 0 Å². The van der Waals surface area contributed by atoms with Crippen molar-refractivity contribution >= 4 is 51.7 Å². The van der Waals surface area contributed by atoms with Gasteiger partial charge in [0, 0.05) is 5.02 Å². The van der Waals surface area contributed by atoms with Gasteiger partial charge < -0.3 is 9.47 Å². The smallest absolute Gasteiger partial charge is 0.316 e. The molecule has 7 nitrogen and oxygen atoms in total. The van der Waals surface area contributed by atoms with Crippen LogP contribution in [0.1, 0.15) is 13.8 Å². The predicted molar refractivity (Wildman–Crippen MR) is 97.4 cm³/mol. The lowest BCUT2D eigenvalue weighted by molar-refractivity contribution is -0.139. The molecule has 134 valence electrons. The largest absolute Gasteiger partial charge is 0.481 e. The number of amides is 1. The second kappa shape index (κ2) is 9.59. The Bertz CT molecular complexity index is 724. The molecular weight excluding hydrogens is 386 g/mol. The van der Waals surface area contributed by atoms with E-state index in [4.69, 9.17) is 21.1 Å². The SMILES string of the molecule is CCOC(=O)CSc1nnc(NC(=O)C(C)Oc2ccc(Cl)cc2)s1. The first-order chi connectivity index (χ1) is 12.0. The van der Waals surface area contributed by atoms with Crippen LogP contribution in [-0.2, 0) is 14.3 Å². The van der Waals surface area contributed by atoms with E-state index in [2.05, 4.69) is 15.5 Å². The lowest BCUT2D eigenvalue weighted by Crippen LogP contribution is -2.30. The van der Waals surface area contributed by atoms with Gasteiger partial charge in [-0.15, -0.1) is 10.2 Å². The second-order valence-corrected chi connectivity index (χ2v) is 7.31. The van der Waals surface area contributed by atoms with Crippen LogP contribution in [-0.4, -0.2) is 40.5 Å². The molecule has 0 aliphatic rings. The van der Waals surface area contributed by atoms with Gasteiger partial charge in [0.25, 0.3) is 5.91 Å². The Labute approximate surface area is 158 Å². The van der Waals surface area contributed by atoms with Crippen LogP contribution in [0.5, 0.6) is 5.75 Å². The lowest BCUT2D eigenvalue weighted by Gasteiger charge is -2.13. The zero-order valence-electron chi connectivity index (χ0n) is 13.5. The summed E-state index contributed by atoms with van der Waals surface area (Å²) in [5.74, 6) is 0.00766.